The van der Waals surface area contributed by atoms with E-state index in [0.717, 1.165) is 17.8 Å². The minimum atomic E-state index is 0.716. The van der Waals surface area contributed by atoms with Gasteiger partial charge < -0.3 is 0 Å². The van der Waals surface area contributed by atoms with Gasteiger partial charge in [-0.1, -0.05) is 53.7 Å². The Morgan fingerprint density at radius 3 is 1.69 bits per heavy atom. The van der Waals surface area contributed by atoms with Crippen molar-refractivity contribution in [3.05, 3.63) is 12.2 Å². The van der Waals surface area contributed by atoms with Crippen LogP contribution in [0.25, 0.3) is 0 Å². The highest BCUT2D eigenvalue weighted by molar-refractivity contribution is 4.93. The summed E-state index contributed by atoms with van der Waals surface area (Å²) in [5, 5.41) is 0. The van der Waals surface area contributed by atoms with E-state index < -0.39 is 0 Å². The zero-order chi connectivity index (χ0) is 10.4. The van der Waals surface area contributed by atoms with Crippen LogP contribution in [0.3, 0.4) is 0 Å². The molecular formula is C13H26. The molecule has 2 atom stereocenters. The van der Waals surface area contributed by atoms with Crippen molar-refractivity contribution in [2.45, 2.75) is 48.0 Å². The van der Waals surface area contributed by atoms with Crippen LogP contribution in [0, 0.1) is 23.7 Å². The summed E-state index contributed by atoms with van der Waals surface area (Å²) in [7, 11) is 0. The molecule has 0 aromatic rings. The summed E-state index contributed by atoms with van der Waals surface area (Å²) in [4.78, 5) is 0. The molecule has 0 saturated carbocycles. The first-order valence-electron chi connectivity index (χ1n) is 5.67. The predicted octanol–water partition coefficient (Wildman–Crippen LogP) is 4.52. The third kappa shape index (κ3) is 5.13. The van der Waals surface area contributed by atoms with Crippen molar-refractivity contribution in [2.75, 3.05) is 0 Å². The van der Waals surface area contributed by atoms with E-state index in [1.807, 2.05) is 0 Å². The van der Waals surface area contributed by atoms with Gasteiger partial charge in [0.1, 0.15) is 0 Å². The predicted molar refractivity (Wildman–Crippen MR) is 61.8 cm³/mol. The molecule has 0 radical (unpaired) electrons. The van der Waals surface area contributed by atoms with Gasteiger partial charge in [-0.2, -0.15) is 0 Å². The zero-order valence-electron chi connectivity index (χ0n) is 10.2. The minimum absolute atomic E-state index is 0.716. The van der Waals surface area contributed by atoms with Crippen LogP contribution in [0.1, 0.15) is 48.0 Å². The molecule has 0 heterocycles. The van der Waals surface area contributed by atoms with E-state index in [-0.39, 0.29) is 0 Å². The topological polar surface area (TPSA) is 0 Å². The average Bonchev–Trinajstić information content (AvgIpc) is 2.04. The van der Waals surface area contributed by atoms with E-state index in [9.17, 15) is 0 Å². The molecule has 0 aromatic carbocycles. The number of rotatable bonds is 5. The number of hydrogen-bond donors (Lipinski definition) is 0. The monoisotopic (exact) mass is 182 g/mol. The molecule has 0 saturated heterocycles. The molecule has 0 aliphatic heterocycles. The molecule has 0 aromatic heterocycles. The van der Waals surface area contributed by atoms with Crippen LogP contribution >= 0.6 is 0 Å². The largest absolute Gasteiger partial charge is 0.0852 e. The van der Waals surface area contributed by atoms with Gasteiger partial charge in [0.05, 0.1) is 0 Å². The van der Waals surface area contributed by atoms with E-state index in [4.69, 9.17) is 0 Å². The van der Waals surface area contributed by atoms with Crippen LogP contribution in [0.15, 0.2) is 12.2 Å². The molecule has 0 aliphatic rings. The third-order valence-corrected chi connectivity index (χ3v) is 3.04. The molecule has 0 rings (SSSR count). The van der Waals surface area contributed by atoms with Gasteiger partial charge in [-0.15, -0.1) is 0 Å². The summed E-state index contributed by atoms with van der Waals surface area (Å²) >= 11 is 0. The third-order valence-electron chi connectivity index (χ3n) is 3.04. The second-order valence-corrected chi connectivity index (χ2v) is 4.80. The molecule has 0 amide bonds. The fraction of sp³-hybridized carbons (Fsp3) is 0.846. The van der Waals surface area contributed by atoms with Crippen LogP contribution in [0.4, 0.5) is 0 Å². The molecule has 78 valence electrons. The molecule has 0 nitrogen and oxygen atoms in total. The van der Waals surface area contributed by atoms with Crippen molar-refractivity contribution in [1.29, 1.82) is 0 Å². The maximum Gasteiger partial charge on any atom is -0.0213 e. The van der Waals surface area contributed by atoms with Gasteiger partial charge >= 0.3 is 0 Å². The lowest BCUT2D eigenvalue weighted by Crippen LogP contribution is -2.06. The maximum absolute atomic E-state index is 2.41. The van der Waals surface area contributed by atoms with E-state index >= 15 is 0 Å². The first-order chi connectivity index (χ1) is 5.99. The second kappa shape index (κ2) is 6.23. The van der Waals surface area contributed by atoms with Crippen molar-refractivity contribution in [2.24, 2.45) is 23.7 Å². The number of allylic oxidation sites excluding steroid dienone is 2. The standard InChI is InChI=1S/C13H26/c1-7-13(11(4)5)9-8-12(6)10(2)3/h8-13H,7H2,1-6H3/b9-8+. The van der Waals surface area contributed by atoms with Crippen molar-refractivity contribution in [3.8, 4) is 0 Å². The van der Waals surface area contributed by atoms with Crippen LogP contribution in [0.2, 0.25) is 0 Å². The summed E-state index contributed by atoms with van der Waals surface area (Å²) in [5.41, 5.74) is 0. The average molecular weight is 182 g/mol. The normalized spacial score (nSPS) is 17.2. The van der Waals surface area contributed by atoms with Crippen LogP contribution in [-0.4, -0.2) is 0 Å². The van der Waals surface area contributed by atoms with Crippen molar-refractivity contribution in [1.82, 2.24) is 0 Å². The van der Waals surface area contributed by atoms with Gasteiger partial charge in [0.25, 0.3) is 0 Å². The Hall–Kier alpha value is -0.260. The molecule has 0 fully saturated rings. The molecular weight excluding hydrogens is 156 g/mol. The summed E-state index contributed by atoms with van der Waals surface area (Å²) in [6.45, 7) is 13.7. The molecule has 0 spiro atoms. The summed E-state index contributed by atoms with van der Waals surface area (Å²) in [5.74, 6) is 3.02. The van der Waals surface area contributed by atoms with Gasteiger partial charge in [0.15, 0.2) is 0 Å². The molecule has 0 bridgehead atoms. The van der Waals surface area contributed by atoms with Gasteiger partial charge in [-0.05, 0) is 30.1 Å². The van der Waals surface area contributed by atoms with Gasteiger partial charge in [-0.3, -0.25) is 0 Å². The Kier molecular flexibility index (Phi) is 6.11. The van der Waals surface area contributed by atoms with Crippen LogP contribution in [0.5, 0.6) is 0 Å². The van der Waals surface area contributed by atoms with Crippen molar-refractivity contribution in [3.63, 3.8) is 0 Å². The lowest BCUT2D eigenvalue weighted by atomic mass is 9.90. The Morgan fingerprint density at radius 2 is 1.38 bits per heavy atom. The fourth-order valence-electron chi connectivity index (χ4n) is 1.37. The lowest BCUT2D eigenvalue weighted by molar-refractivity contribution is 0.443. The smallest absolute Gasteiger partial charge is 0.0213 e. The summed E-state index contributed by atoms with van der Waals surface area (Å²) in [6.07, 6.45) is 6.06. The molecule has 0 N–H and O–H groups in total. The van der Waals surface area contributed by atoms with Gasteiger partial charge in [0.2, 0.25) is 0 Å². The van der Waals surface area contributed by atoms with E-state index in [2.05, 4.69) is 53.7 Å². The minimum Gasteiger partial charge on any atom is -0.0852 e. The van der Waals surface area contributed by atoms with Crippen LogP contribution in [-0.2, 0) is 0 Å². The number of hydrogen-bond acceptors (Lipinski definition) is 0. The van der Waals surface area contributed by atoms with E-state index in [1.54, 1.807) is 0 Å². The Labute approximate surface area is 84.4 Å². The fourth-order valence-corrected chi connectivity index (χ4v) is 1.37. The summed E-state index contributed by atoms with van der Waals surface area (Å²) < 4.78 is 0. The zero-order valence-corrected chi connectivity index (χ0v) is 10.2. The molecule has 13 heavy (non-hydrogen) atoms. The highest BCUT2D eigenvalue weighted by Crippen LogP contribution is 2.19. The van der Waals surface area contributed by atoms with Crippen molar-refractivity contribution >= 4 is 0 Å². The highest BCUT2D eigenvalue weighted by atomic mass is 14.1. The molecule has 0 heteroatoms. The molecule has 0 aliphatic carbocycles. The Morgan fingerprint density at radius 1 is 0.846 bits per heavy atom. The Balaban J connectivity index is 4.06. The van der Waals surface area contributed by atoms with Crippen molar-refractivity contribution < 1.29 is 0 Å². The van der Waals surface area contributed by atoms with Gasteiger partial charge in [-0.25, -0.2) is 0 Å². The van der Waals surface area contributed by atoms with E-state index in [1.165, 1.54) is 6.42 Å². The highest BCUT2D eigenvalue weighted by Gasteiger charge is 2.08. The van der Waals surface area contributed by atoms with Crippen LogP contribution < -0.4 is 0 Å². The second-order valence-electron chi connectivity index (χ2n) is 4.80. The first kappa shape index (κ1) is 12.7. The van der Waals surface area contributed by atoms with E-state index in [0.29, 0.717) is 5.92 Å². The Bertz CT molecular complexity index is 142. The first-order valence-corrected chi connectivity index (χ1v) is 5.67. The lowest BCUT2D eigenvalue weighted by Gasteiger charge is -2.16. The molecule has 2 unspecified atom stereocenters. The SMILES string of the molecule is CCC(/C=C/C(C)C(C)C)C(C)C. The van der Waals surface area contributed by atoms with Gasteiger partial charge in [0, 0.05) is 0 Å². The maximum atomic E-state index is 2.41. The summed E-state index contributed by atoms with van der Waals surface area (Å²) in [6, 6.07) is 0. The quantitative estimate of drug-likeness (QED) is 0.548.